The molecule has 1 aromatic carbocycles. The summed E-state index contributed by atoms with van der Waals surface area (Å²) in [5.74, 6) is 0.965. The monoisotopic (exact) mass is 352 g/mol. The molecule has 2 heterocycles. The van der Waals surface area contributed by atoms with E-state index in [0.29, 0.717) is 6.54 Å². The number of rotatable bonds is 5. The number of carbonyl (C=O) groups excluding carboxylic acids is 1. The van der Waals surface area contributed by atoms with Crippen molar-refractivity contribution in [3.63, 3.8) is 0 Å². The molecule has 1 atom stereocenters. The van der Waals surface area contributed by atoms with E-state index in [-0.39, 0.29) is 24.4 Å². The Kier molecular flexibility index (Phi) is 6.45. The number of carbonyl (C=O) groups is 1. The summed E-state index contributed by atoms with van der Waals surface area (Å²) in [6.45, 7) is 1.54. The van der Waals surface area contributed by atoms with Crippen LogP contribution in [0.2, 0.25) is 0 Å². The molecule has 124 valence electrons. The van der Waals surface area contributed by atoms with Gasteiger partial charge in [-0.2, -0.15) is 0 Å². The van der Waals surface area contributed by atoms with Crippen LogP contribution in [-0.4, -0.2) is 25.6 Å². The first kappa shape index (κ1) is 17.8. The fourth-order valence-electron chi connectivity index (χ4n) is 2.61. The van der Waals surface area contributed by atoms with Crippen molar-refractivity contribution < 1.29 is 9.53 Å². The van der Waals surface area contributed by atoms with Crippen molar-refractivity contribution in [3.05, 3.63) is 40.6 Å². The van der Waals surface area contributed by atoms with Crippen molar-refractivity contribution in [1.29, 1.82) is 0 Å². The Morgan fingerprint density at radius 3 is 2.78 bits per heavy atom. The molecule has 3 rings (SSSR count). The Hall–Kier alpha value is -1.56. The standard InChI is InChI=1S/C17H20N2O2S.ClH/c1-21-14-6-4-12(5-7-14)13-9-15(22-11-13)10-19-17(20)16-3-2-8-18-16;/h4-7,9,11,16,18H,2-3,8,10H2,1H3,(H,19,20);1H. The Morgan fingerprint density at radius 1 is 1.35 bits per heavy atom. The molecule has 1 aliphatic rings. The van der Waals surface area contributed by atoms with Gasteiger partial charge in [-0.3, -0.25) is 4.79 Å². The van der Waals surface area contributed by atoms with Gasteiger partial charge in [-0.05, 0) is 54.1 Å². The van der Waals surface area contributed by atoms with Crippen LogP contribution in [0.4, 0.5) is 0 Å². The number of methoxy groups -OCH3 is 1. The second-order valence-electron chi connectivity index (χ2n) is 5.40. The fourth-order valence-corrected chi connectivity index (χ4v) is 3.45. The maximum Gasteiger partial charge on any atom is 0.237 e. The first-order chi connectivity index (χ1) is 10.8. The van der Waals surface area contributed by atoms with E-state index in [0.717, 1.165) is 35.6 Å². The van der Waals surface area contributed by atoms with E-state index in [9.17, 15) is 4.79 Å². The molecule has 0 radical (unpaired) electrons. The van der Waals surface area contributed by atoms with Gasteiger partial charge in [0.2, 0.25) is 5.91 Å². The summed E-state index contributed by atoms with van der Waals surface area (Å²) in [6, 6.07) is 10.1. The van der Waals surface area contributed by atoms with Crippen LogP contribution in [0.5, 0.6) is 5.75 Å². The van der Waals surface area contributed by atoms with Gasteiger partial charge in [0.1, 0.15) is 5.75 Å². The molecule has 1 aromatic heterocycles. The van der Waals surface area contributed by atoms with Gasteiger partial charge in [0.25, 0.3) is 0 Å². The quantitative estimate of drug-likeness (QED) is 0.868. The zero-order chi connectivity index (χ0) is 15.4. The van der Waals surface area contributed by atoms with Gasteiger partial charge in [0, 0.05) is 4.88 Å². The lowest BCUT2D eigenvalue weighted by Crippen LogP contribution is -2.39. The molecule has 2 N–H and O–H groups in total. The van der Waals surface area contributed by atoms with Crippen molar-refractivity contribution in [2.45, 2.75) is 25.4 Å². The van der Waals surface area contributed by atoms with Gasteiger partial charge >= 0.3 is 0 Å². The third-order valence-corrected chi connectivity index (χ3v) is 4.83. The molecular weight excluding hydrogens is 332 g/mol. The molecule has 1 fully saturated rings. The lowest BCUT2D eigenvalue weighted by Gasteiger charge is -2.09. The van der Waals surface area contributed by atoms with E-state index in [4.69, 9.17) is 4.74 Å². The maximum absolute atomic E-state index is 12.0. The summed E-state index contributed by atoms with van der Waals surface area (Å²) in [4.78, 5) is 13.1. The first-order valence-electron chi connectivity index (χ1n) is 7.49. The van der Waals surface area contributed by atoms with Crippen LogP contribution in [0.1, 0.15) is 17.7 Å². The first-order valence-corrected chi connectivity index (χ1v) is 8.37. The average Bonchev–Trinajstić information content (AvgIpc) is 3.24. The summed E-state index contributed by atoms with van der Waals surface area (Å²) in [5.41, 5.74) is 2.34. The molecule has 6 heteroatoms. The number of hydrogen-bond acceptors (Lipinski definition) is 4. The Labute approximate surface area is 146 Å². The van der Waals surface area contributed by atoms with Crippen LogP contribution in [0.25, 0.3) is 11.1 Å². The number of hydrogen-bond donors (Lipinski definition) is 2. The van der Waals surface area contributed by atoms with E-state index < -0.39 is 0 Å². The minimum Gasteiger partial charge on any atom is -0.497 e. The highest BCUT2D eigenvalue weighted by Crippen LogP contribution is 2.27. The number of ether oxygens (including phenoxy) is 1. The minimum atomic E-state index is -0.0129. The van der Waals surface area contributed by atoms with E-state index in [1.54, 1.807) is 18.4 Å². The molecule has 1 aliphatic heterocycles. The third-order valence-electron chi connectivity index (χ3n) is 3.89. The van der Waals surface area contributed by atoms with Gasteiger partial charge in [-0.1, -0.05) is 12.1 Å². The maximum atomic E-state index is 12.0. The van der Waals surface area contributed by atoms with Crippen LogP contribution in [0.15, 0.2) is 35.7 Å². The van der Waals surface area contributed by atoms with Gasteiger partial charge in [-0.25, -0.2) is 0 Å². The molecule has 2 aromatic rings. The van der Waals surface area contributed by atoms with Crippen LogP contribution >= 0.6 is 23.7 Å². The highest BCUT2D eigenvalue weighted by Gasteiger charge is 2.21. The van der Waals surface area contributed by atoms with E-state index in [1.807, 2.05) is 24.3 Å². The number of benzene rings is 1. The number of halogens is 1. The Morgan fingerprint density at radius 2 is 2.13 bits per heavy atom. The largest absolute Gasteiger partial charge is 0.497 e. The highest BCUT2D eigenvalue weighted by molar-refractivity contribution is 7.10. The van der Waals surface area contributed by atoms with E-state index >= 15 is 0 Å². The molecule has 1 unspecified atom stereocenters. The Balaban J connectivity index is 0.00000192. The van der Waals surface area contributed by atoms with Crippen LogP contribution in [0, 0.1) is 0 Å². The molecule has 4 nitrogen and oxygen atoms in total. The van der Waals surface area contributed by atoms with Crippen molar-refractivity contribution >= 4 is 29.7 Å². The van der Waals surface area contributed by atoms with Gasteiger partial charge in [0.05, 0.1) is 19.7 Å². The summed E-state index contributed by atoms with van der Waals surface area (Å²) >= 11 is 1.67. The zero-order valence-electron chi connectivity index (χ0n) is 13.0. The average molecular weight is 353 g/mol. The van der Waals surface area contributed by atoms with Crippen molar-refractivity contribution in [2.24, 2.45) is 0 Å². The normalized spacial score (nSPS) is 16.7. The fraction of sp³-hybridized carbons (Fsp3) is 0.353. The van der Waals surface area contributed by atoms with Crippen molar-refractivity contribution in [3.8, 4) is 16.9 Å². The number of thiophene rings is 1. The van der Waals surface area contributed by atoms with E-state index in [2.05, 4.69) is 22.1 Å². The highest BCUT2D eigenvalue weighted by atomic mass is 35.5. The van der Waals surface area contributed by atoms with Gasteiger partial charge in [0.15, 0.2) is 0 Å². The van der Waals surface area contributed by atoms with Gasteiger partial charge in [-0.15, -0.1) is 23.7 Å². The zero-order valence-corrected chi connectivity index (χ0v) is 14.6. The lowest BCUT2D eigenvalue weighted by molar-refractivity contribution is -0.122. The lowest BCUT2D eigenvalue weighted by atomic mass is 10.1. The van der Waals surface area contributed by atoms with Crippen LogP contribution in [0.3, 0.4) is 0 Å². The molecule has 23 heavy (non-hydrogen) atoms. The second-order valence-corrected chi connectivity index (χ2v) is 6.39. The molecule has 0 bridgehead atoms. The van der Waals surface area contributed by atoms with Crippen molar-refractivity contribution in [1.82, 2.24) is 10.6 Å². The molecule has 0 aliphatic carbocycles. The predicted octanol–water partition coefficient (Wildman–Crippen LogP) is 3.21. The molecule has 1 saturated heterocycles. The smallest absolute Gasteiger partial charge is 0.237 e. The number of amides is 1. The third kappa shape index (κ3) is 4.47. The molecule has 0 saturated carbocycles. The van der Waals surface area contributed by atoms with Crippen molar-refractivity contribution in [2.75, 3.05) is 13.7 Å². The number of nitrogens with one attached hydrogen (secondary N) is 2. The minimum absolute atomic E-state index is 0. The topological polar surface area (TPSA) is 50.4 Å². The van der Waals surface area contributed by atoms with Crippen LogP contribution < -0.4 is 15.4 Å². The Bertz CT molecular complexity index is 636. The SMILES string of the molecule is COc1ccc(-c2csc(CNC(=O)C3CCCN3)c2)cc1.Cl. The van der Waals surface area contributed by atoms with E-state index in [1.165, 1.54) is 5.56 Å². The van der Waals surface area contributed by atoms with Crippen LogP contribution in [-0.2, 0) is 11.3 Å². The molecule has 1 amide bonds. The molecule has 0 spiro atoms. The predicted molar refractivity (Wildman–Crippen MR) is 96.4 cm³/mol. The summed E-state index contributed by atoms with van der Waals surface area (Å²) in [6.07, 6.45) is 2.02. The summed E-state index contributed by atoms with van der Waals surface area (Å²) in [5, 5.41) is 8.35. The summed E-state index contributed by atoms with van der Waals surface area (Å²) in [7, 11) is 1.67. The molecular formula is C17H21ClN2O2S. The summed E-state index contributed by atoms with van der Waals surface area (Å²) < 4.78 is 5.17. The second kappa shape index (κ2) is 8.34. The van der Waals surface area contributed by atoms with Gasteiger partial charge < -0.3 is 15.4 Å².